The van der Waals surface area contributed by atoms with Crippen LogP contribution < -0.4 is 10.9 Å². The van der Waals surface area contributed by atoms with Crippen molar-refractivity contribution in [2.24, 2.45) is 0 Å². The number of carbonyl (C=O) groups is 2. The first kappa shape index (κ1) is 25.1. The predicted octanol–water partition coefficient (Wildman–Crippen LogP) is 2.24. The lowest BCUT2D eigenvalue weighted by molar-refractivity contribution is -0.123. The minimum Gasteiger partial charge on any atom is -0.448 e. The molecular weight excluding hydrogens is 460 g/mol. The van der Waals surface area contributed by atoms with Gasteiger partial charge in [0.1, 0.15) is 0 Å². The van der Waals surface area contributed by atoms with Crippen molar-refractivity contribution in [1.29, 1.82) is 0 Å². The molecule has 0 aliphatic rings. The molecule has 0 radical (unpaired) electrons. The van der Waals surface area contributed by atoms with Gasteiger partial charge in [-0.05, 0) is 37.6 Å². The number of fused-ring (bicyclic) bond motifs is 1. The summed E-state index contributed by atoms with van der Waals surface area (Å²) < 4.78 is 32.3. The molecule has 0 aliphatic heterocycles. The van der Waals surface area contributed by atoms with Crippen LogP contribution in [0, 0.1) is 0 Å². The Bertz CT molecular complexity index is 1400. The highest BCUT2D eigenvalue weighted by molar-refractivity contribution is 7.89. The number of sulfonamides is 1. The highest BCUT2D eigenvalue weighted by atomic mass is 32.2. The first-order valence-corrected chi connectivity index (χ1v) is 12.0. The van der Waals surface area contributed by atoms with Gasteiger partial charge in [0.05, 0.1) is 10.3 Å². The van der Waals surface area contributed by atoms with Crippen LogP contribution in [-0.2, 0) is 26.1 Å². The van der Waals surface area contributed by atoms with Crippen molar-refractivity contribution in [3.63, 3.8) is 0 Å². The van der Waals surface area contributed by atoms with Crippen LogP contribution >= 0.6 is 0 Å². The largest absolute Gasteiger partial charge is 0.448 e. The van der Waals surface area contributed by atoms with Gasteiger partial charge in [-0.15, -0.1) is 0 Å². The van der Waals surface area contributed by atoms with Gasteiger partial charge < -0.3 is 10.1 Å². The molecule has 2 aromatic carbocycles. The van der Waals surface area contributed by atoms with Crippen LogP contribution in [0.15, 0.2) is 58.2 Å². The minimum atomic E-state index is -3.68. The second kappa shape index (κ2) is 10.1. The van der Waals surface area contributed by atoms with E-state index in [1.165, 1.54) is 50.0 Å². The van der Waals surface area contributed by atoms with Crippen LogP contribution in [0.2, 0.25) is 0 Å². The number of carbonyl (C=O) groups excluding carboxylic acids is 2. The van der Waals surface area contributed by atoms with Crippen LogP contribution in [0.5, 0.6) is 0 Å². The number of nitrogens with one attached hydrogen (secondary N) is 1. The highest BCUT2D eigenvalue weighted by Crippen LogP contribution is 2.19. The fourth-order valence-corrected chi connectivity index (χ4v) is 4.16. The van der Waals surface area contributed by atoms with E-state index >= 15 is 0 Å². The third-order valence-corrected chi connectivity index (χ3v) is 6.84. The zero-order valence-electron chi connectivity index (χ0n) is 19.3. The molecule has 10 nitrogen and oxygen atoms in total. The van der Waals surface area contributed by atoms with E-state index < -0.39 is 28.0 Å². The third-order valence-electron chi connectivity index (χ3n) is 5.03. The normalized spacial score (nSPS) is 12.5. The average Bonchev–Trinajstić information content (AvgIpc) is 2.81. The van der Waals surface area contributed by atoms with Gasteiger partial charge in [-0.3, -0.25) is 9.59 Å². The smallest absolute Gasteiger partial charge is 0.360 e. The maximum absolute atomic E-state index is 12.9. The summed E-state index contributed by atoms with van der Waals surface area (Å²) in [6.07, 6.45) is -0.574. The van der Waals surface area contributed by atoms with Crippen molar-refractivity contribution in [1.82, 2.24) is 14.1 Å². The van der Waals surface area contributed by atoms with Gasteiger partial charge in [-0.1, -0.05) is 31.2 Å². The molecule has 1 amide bonds. The molecule has 3 aromatic rings. The van der Waals surface area contributed by atoms with Gasteiger partial charge in [0, 0.05) is 31.7 Å². The van der Waals surface area contributed by atoms with Gasteiger partial charge in [-0.25, -0.2) is 22.2 Å². The van der Waals surface area contributed by atoms with E-state index in [0.717, 1.165) is 4.31 Å². The molecule has 1 N–H and O–H groups in total. The maximum Gasteiger partial charge on any atom is 0.360 e. The number of hydrogen-bond acceptors (Lipinski definition) is 7. The molecule has 11 heteroatoms. The molecule has 0 saturated carbocycles. The lowest BCUT2D eigenvalue weighted by Gasteiger charge is -2.16. The first-order chi connectivity index (χ1) is 16.1. The molecular formula is C23H26N4O6S. The number of rotatable bonds is 8. The Kier molecular flexibility index (Phi) is 7.48. The number of amides is 1. The number of benzene rings is 2. The van der Waals surface area contributed by atoms with Gasteiger partial charge >= 0.3 is 5.97 Å². The second-order valence-corrected chi connectivity index (χ2v) is 9.93. The summed E-state index contributed by atoms with van der Waals surface area (Å²) in [5.74, 6) is -1.51. The molecule has 0 aliphatic carbocycles. The molecule has 0 spiro atoms. The summed E-state index contributed by atoms with van der Waals surface area (Å²) in [5, 5.41) is 7.38. The molecule has 34 heavy (non-hydrogen) atoms. The van der Waals surface area contributed by atoms with Gasteiger partial charge in [-0.2, -0.15) is 5.10 Å². The fourth-order valence-electron chi connectivity index (χ4n) is 3.21. The number of esters is 1. The summed E-state index contributed by atoms with van der Waals surface area (Å²) in [6.45, 7) is 3.59. The lowest BCUT2D eigenvalue weighted by Crippen LogP contribution is -2.32. The van der Waals surface area contributed by atoms with E-state index in [1.54, 1.807) is 24.3 Å². The molecule has 1 atom stereocenters. The van der Waals surface area contributed by atoms with E-state index in [9.17, 15) is 22.8 Å². The monoisotopic (exact) mass is 486 g/mol. The van der Waals surface area contributed by atoms with Crippen LogP contribution in [0.4, 0.5) is 5.69 Å². The van der Waals surface area contributed by atoms with E-state index in [4.69, 9.17) is 4.74 Å². The molecule has 1 aromatic heterocycles. The highest BCUT2D eigenvalue weighted by Gasteiger charge is 2.24. The van der Waals surface area contributed by atoms with E-state index in [1.807, 2.05) is 6.92 Å². The van der Waals surface area contributed by atoms with Crippen molar-refractivity contribution in [2.75, 3.05) is 19.4 Å². The Balaban J connectivity index is 1.82. The Hall–Kier alpha value is -3.57. The van der Waals surface area contributed by atoms with Crippen LogP contribution in [0.1, 0.15) is 30.8 Å². The summed E-state index contributed by atoms with van der Waals surface area (Å²) in [7, 11) is -0.871. The number of aryl methyl sites for hydroxylation is 1. The van der Waals surface area contributed by atoms with Gasteiger partial charge in [0.15, 0.2) is 11.8 Å². The van der Waals surface area contributed by atoms with Crippen molar-refractivity contribution in [3.8, 4) is 0 Å². The third kappa shape index (κ3) is 5.15. The molecule has 0 fully saturated rings. The number of anilines is 1. The molecule has 0 saturated heterocycles. The number of nitrogens with zero attached hydrogens (tertiary/aromatic N) is 3. The zero-order chi connectivity index (χ0) is 25.0. The Labute approximate surface area is 197 Å². The summed E-state index contributed by atoms with van der Waals surface area (Å²) in [6, 6.07) is 12.3. The number of hydrogen-bond donors (Lipinski definition) is 1. The summed E-state index contributed by atoms with van der Waals surface area (Å²) in [5.41, 5.74) is -0.148. The van der Waals surface area contributed by atoms with Crippen LogP contribution in [0.25, 0.3) is 10.8 Å². The van der Waals surface area contributed by atoms with Crippen LogP contribution in [0.3, 0.4) is 0 Å². The minimum absolute atomic E-state index is 0.00815. The maximum atomic E-state index is 12.9. The van der Waals surface area contributed by atoms with Crippen molar-refractivity contribution < 1.29 is 22.7 Å². The lowest BCUT2D eigenvalue weighted by atomic mass is 10.1. The first-order valence-electron chi connectivity index (χ1n) is 10.6. The molecule has 1 heterocycles. The van der Waals surface area contributed by atoms with Crippen molar-refractivity contribution in [3.05, 3.63) is 64.6 Å². The second-order valence-electron chi connectivity index (χ2n) is 7.77. The summed E-state index contributed by atoms with van der Waals surface area (Å²) in [4.78, 5) is 38.1. The Morgan fingerprint density at radius 1 is 1.12 bits per heavy atom. The molecule has 0 bridgehead atoms. The van der Waals surface area contributed by atoms with Gasteiger partial charge in [0.2, 0.25) is 10.0 Å². The predicted molar refractivity (Wildman–Crippen MR) is 127 cm³/mol. The average molecular weight is 487 g/mol. The zero-order valence-corrected chi connectivity index (χ0v) is 20.1. The van der Waals surface area contributed by atoms with Gasteiger partial charge in [0.25, 0.3) is 11.5 Å². The molecule has 0 unspecified atom stereocenters. The quantitative estimate of drug-likeness (QED) is 0.484. The van der Waals surface area contributed by atoms with Crippen LogP contribution in [-0.4, -0.2) is 54.6 Å². The number of aromatic nitrogens is 2. The van der Waals surface area contributed by atoms with E-state index in [2.05, 4.69) is 10.4 Å². The fraction of sp³-hybridized carbons (Fsp3) is 0.304. The topological polar surface area (TPSA) is 128 Å². The van der Waals surface area contributed by atoms with E-state index in [0.29, 0.717) is 23.7 Å². The van der Waals surface area contributed by atoms with E-state index in [-0.39, 0.29) is 21.8 Å². The number of ether oxygens (including phenoxy) is 1. The summed E-state index contributed by atoms with van der Waals surface area (Å²) >= 11 is 0. The Morgan fingerprint density at radius 3 is 2.44 bits per heavy atom. The van der Waals surface area contributed by atoms with Crippen molar-refractivity contribution in [2.45, 2.75) is 37.8 Å². The SMILES string of the molecule is CCCn1nc(C(=O)O[C@H](C)C(=O)Nc2cccc(S(=O)(=O)N(C)C)c2)c2ccccc2c1=O. The molecule has 3 rings (SSSR count). The van der Waals surface area contributed by atoms with Crippen molar-refractivity contribution >= 4 is 38.4 Å². The Morgan fingerprint density at radius 2 is 1.79 bits per heavy atom. The standard InChI is InChI=1S/C23H26N4O6S/c1-5-13-27-22(29)19-12-7-6-11-18(19)20(25-27)23(30)33-15(2)21(28)24-16-9-8-10-17(14-16)34(31,32)26(3)4/h6-12,14-15H,5,13H2,1-4H3,(H,24,28)/t15-/m1/s1. The molecule has 180 valence electrons.